The summed E-state index contributed by atoms with van der Waals surface area (Å²) in [6.07, 6.45) is 6.47. The van der Waals surface area contributed by atoms with Crippen molar-refractivity contribution < 1.29 is 5.11 Å². The summed E-state index contributed by atoms with van der Waals surface area (Å²) in [4.78, 5) is 8.47. The summed E-state index contributed by atoms with van der Waals surface area (Å²) in [6, 6.07) is 1.84. The van der Waals surface area contributed by atoms with Crippen LogP contribution in [0.1, 0.15) is 44.3 Å². The minimum absolute atomic E-state index is 0.565. The number of hydrogen-bond donors (Lipinski definition) is 2. The average molecular weight is 314 g/mol. The van der Waals surface area contributed by atoms with Crippen molar-refractivity contribution in [1.82, 2.24) is 9.97 Å². The Hall–Kier alpha value is -0.680. The summed E-state index contributed by atoms with van der Waals surface area (Å²) in [7, 11) is 0. The molecule has 5 heteroatoms. The minimum Gasteiger partial charge on any atom is -0.388 e. The highest BCUT2D eigenvalue weighted by atomic mass is 79.9. The molecule has 0 amide bonds. The zero-order chi connectivity index (χ0) is 13.0. The first-order valence-electron chi connectivity index (χ1n) is 6.55. The molecule has 1 saturated carbocycles. The van der Waals surface area contributed by atoms with E-state index in [0.717, 1.165) is 41.9 Å². The Morgan fingerprint density at radius 1 is 1.28 bits per heavy atom. The van der Waals surface area contributed by atoms with E-state index < -0.39 is 5.60 Å². The molecule has 1 aromatic rings. The highest BCUT2D eigenvalue weighted by Crippen LogP contribution is 2.27. The lowest BCUT2D eigenvalue weighted by Gasteiger charge is -2.27. The third kappa shape index (κ3) is 3.92. The Morgan fingerprint density at radius 2 is 1.94 bits per heavy atom. The Labute approximate surface area is 116 Å². The second-order valence-corrected chi connectivity index (χ2v) is 5.93. The fourth-order valence-electron chi connectivity index (χ4n) is 2.44. The molecule has 1 aromatic heterocycles. The van der Waals surface area contributed by atoms with E-state index in [1.54, 1.807) is 0 Å². The van der Waals surface area contributed by atoms with Gasteiger partial charge in [0.1, 0.15) is 16.2 Å². The van der Waals surface area contributed by atoms with Crippen LogP contribution in [0.4, 0.5) is 5.82 Å². The van der Waals surface area contributed by atoms with Crippen molar-refractivity contribution in [2.75, 3.05) is 11.9 Å². The van der Waals surface area contributed by atoms with Crippen LogP contribution in [0.3, 0.4) is 0 Å². The van der Waals surface area contributed by atoms with Gasteiger partial charge >= 0.3 is 0 Å². The van der Waals surface area contributed by atoms with Crippen LogP contribution in [0.25, 0.3) is 0 Å². The van der Waals surface area contributed by atoms with Crippen molar-refractivity contribution in [3.05, 3.63) is 16.5 Å². The molecule has 1 fully saturated rings. The van der Waals surface area contributed by atoms with Crippen molar-refractivity contribution in [2.24, 2.45) is 0 Å². The molecule has 100 valence electrons. The van der Waals surface area contributed by atoms with Crippen LogP contribution in [0, 0.1) is 6.92 Å². The predicted molar refractivity (Wildman–Crippen MR) is 75.6 cm³/mol. The van der Waals surface area contributed by atoms with E-state index in [1.807, 2.05) is 13.0 Å². The van der Waals surface area contributed by atoms with Crippen LogP contribution < -0.4 is 5.32 Å². The minimum atomic E-state index is -0.582. The van der Waals surface area contributed by atoms with Crippen LogP contribution in [-0.4, -0.2) is 27.2 Å². The van der Waals surface area contributed by atoms with E-state index in [-0.39, 0.29) is 0 Å². The number of nitrogens with zero attached hydrogens (tertiary/aromatic N) is 2. The molecule has 1 heterocycles. The molecule has 1 aliphatic carbocycles. The molecular weight excluding hydrogens is 294 g/mol. The Bertz CT molecular complexity index is 383. The lowest BCUT2D eigenvalue weighted by molar-refractivity contribution is 0.0380. The van der Waals surface area contributed by atoms with Crippen LogP contribution >= 0.6 is 15.9 Å². The third-order valence-corrected chi connectivity index (χ3v) is 3.85. The van der Waals surface area contributed by atoms with Gasteiger partial charge in [-0.15, -0.1) is 0 Å². The number of aliphatic hydroxyl groups is 1. The number of halogens is 1. The molecule has 4 nitrogen and oxygen atoms in total. The smallest absolute Gasteiger partial charge is 0.130 e. The van der Waals surface area contributed by atoms with E-state index in [0.29, 0.717) is 6.54 Å². The van der Waals surface area contributed by atoms with Gasteiger partial charge in [-0.05, 0) is 35.7 Å². The van der Waals surface area contributed by atoms with Crippen LogP contribution in [0.2, 0.25) is 0 Å². The molecule has 0 saturated heterocycles. The summed E-state index contributed by atoms with van der Waals surface area (Å²) in [5.74, 6) is 1.49. The largest absolute Gasteiger partial charge is 0.388 e. The highest BCUT2D eigenvalue weighted by Gasteiger charge is 2.27. The van der Waals surface area contributed by atoms with Gasteiger partial charge in [0.2, 0.25) is 0 Å². The van der Waals surface area contributed by atoms with Gasteiger partial charge < -0.3 is 10.4 Å². The van der Waals surface area contributed by atoms with Gasteiger partial charge in [0.15, 0.2) is 0 Å². The van der Waals surface area contributed by atoms with Gasteiger partial charge in [-0.2, -0.15) is 0 Å². The number of aromatic nitrogens is 2. The van der Waals surface area contributed by atoms with Gasteiger partial charge in [0.25, 0.3) is 0 Å². The molecule has 2 N–H and O–H groups in total. The second-order valence-electron chi connectivity index (χ2n) is 5.12. The lowest BCUT2D eigenvalue weighted by Crippen LogP contribution is -2.36. The van der Waals surface area contributed by atoms with E-state index in [9.17, 15) is 5.11 Å². The Kier molecular flexibility index (Phi) is 4.56. The van der Waals surface area contributed by atoms with Crippen LogP contribution in [0.5, 0.6) is 0 Å². The van der Waals surface area contributed by atoms with Crippen molar-refractivity contribution in [3.63, 3.8) is 0 Å². The molecule has 0 spiro atoms. The molecule has 0 radical (unpaired) electrons. The molecule has 0 atom stereocenters. The Morgan fingerprint density at radius 3 is 2.56 bits per heavy atom. The van der Waals surface area contributed by atoms with Gasteiger partial charge in [-0.1, -0.05) is 25.7 Å². The second kappa shape index (κ2) is 5.97. The molecule has 0 unspecified atom stereocenters. The first-order valence-corrected chi connectivity index (χ1v) is 7.34. The summed E-state index contributed by atoms with van der Waals surface area (Å²) >= 11 is 3.35. The van der Waals surface area contributed by atoms with Crippen LogP contribution in [-0.2, 0) is 0 Å². The van der Waals surface area contributed by atoms with Crippen molar-refractivity contribution >= 4 is 21.7 Å². The topological polar surface area (TPSA) is 58.0 Å². The van der Waals surface area contributed by atoms with Gasteiger partial charge in [-0.3, -0.25) is 0 Å². The average Bonchev–Trinajstić information content (AvgIpc) is 2.51. The number of anilines is 1. The molecule has 1 aliphatic rings. The monoisotopic (exact) mass is 313 g/mol. The molecule has 2 rings (SSSR count). The maximum atomic E-state index is 10.5. The van der Waals surface area contributed by atoms with Crippen molar-refractivity contribution in [2.45, 2.75) is 51.0 Å². The zero-order valence-corrected chi connectivity index (χ0v) is 12.3. The van der Waals surface area contributed by atoms with Crippen LogP contribution in [0.15, 0.2) is 10.7 Å². The molecule has 0 aromatic carbocycles. The van der Waals surface area contributed by atoms with E-state index in [2.05, 4.69) is 31.2 Å². The fourth-order valence-corrected chi connectivity index (χ4v) is 2.91. The molecule has 18 heavy (non-hydrogen) atoms. The van der Waals surface area contributed by atoms with Crippen molar-refractivity contribution in [1.29, 1.82) is 0 Å². The standard InChI is InChI=1S/C13H20BrN3O/c1-10-16-11(14)8-12(17-10)15-9-13(18)6-4-2-3-5-7-13/h8,18H,2-7,9H2,1H3,(H,15,16,17). The molecule has 0 bridgehead atoms. The third-order valence-electron chi connectivity index (χ3n) is 3.44. The first kappa shape index (κ1) is 13.7. The van der Waals surface area contributed by atoms with Gasteiger partial charge in [0, 0.05) is 12.6 Å². The number of aryl methyl sites for hydroxylation is 1. The van der Waals surface area contributed by atoms with E-state index in [1.165, 1.54) is 12.8 Å². The first-order chi connectivity index (χ1) is 8.57. The van der Waals surface area contributed by atoms with Crippen molar-refractivity contribution in [3.8, 4) is 0 Å². The normalized spacial score (nSPS) is 19.3. The van der Waals surface area contributed by atoms with E-state index in [4.69, 9.17) is 0 Å². The SMILES string of the molecule is Cc1nc(Br)cc(NCC2(O)CCCCCC2)n1. The summed E-state index contributed by atoms with van der Waals surface area (Å²) in [5.41, 5.74) is -0.582. The molecular formula is C13H20BrN3O. The Balaban J connectivity index is 1.97. The van der Waals surface area contributed by atoms with E-state index >= 15 is 0 Å². The fraction of sp³-hybridized carbons (Fsp3) is 0.692. The maximum Gasteiger partial charge on any atom is 0.130 e. The lowest BCUT2D eigenvalue weighted by atomic mass is 9.94. The molecule has 0 aliphatic heterocycles. The number of hydrogen-bond acceptors (Lipinski definition) is 4. The van der Waals surface area contributed by atoms with Gasteiger partial charge in [-0.25, -0.2) is 9.97 Å². The number of rotatable bonds is 3. The zero-order valence-electron chi connectivity index (χ0n) is 10.7. The summed E-state index contributed by atoms with van der Waals surface area (Å²) in [6.45, 7) is 2.42. The number of nitrogens with one attached hydrogen (secondary N) is 1. The summed E-state index contributed by atoms with van der Waals surface area (Å²) < 4.78 is 0.769. The summed E-state index contributed by atoms with van der Waals surface area (Å²) in [5, 5.41) is 13.8. The predicted octanol–water partition coefficient (Wildman–Crippen LogP) is 3.04. The van der Waals surface area contributed by atoms with Gasteiger partial charge in [0.05, 0.1) is 5.60 Å². The quantitative estimate of drug-likeness (QED) is 0.665. The maximum absolute atomic E-state index is 10.5. The highest BCUT2D eigenvalue weighted by molar-refractivity contribution is 9.10.